The number of para-hydroxylation sites is 1. The zero-order valence-electron chi connectivity index (χ0n) is 22.8. The molecule has 0 radical (unpaired) electrons. The van der Waals surface area contributed by atoms with Crippen molar-refractivity contribution >= 4 is 34.2 Å². The van der Waals surface area contributed by atoms with Crippen molar-refractivity contribution < 1.29 is 33.2 Å². The molecule has 3 aliphatic rings. The van der Waals surface area contributed by atoms with Gasteiger partial charge < -0.3 is 28.6 Å². The van der Waals surface area contributed by atoms with E-state index in [1.54, 1.807) is 43.3 Å². The second-order valence-corrected chi connectivity index (χ2v) is 11.4. The van der Waals surface area contributed by atoms with Gasteiger partial charge in [0.25, 0.3) is 5.79 Å². The summed E-state index contributed by atoms with van der Waals surface area (Å²) in [5, 5.41) is 9.81. The zero-order valence-corrected chi connectivity index (χ0v) is 23.6. The molecule has 42 heavy (non-hydrogen) atoms. The van der Waals surface area contributed by atoms with Crippen molar-refractivity contribution in [3.63, 3.8) is 0 Å². The number of nitrogens with zero attached hydrogens (tertiary/aromatic N) is 2. The molecule has 0 spiro atoms. The summed E-state index contributed by atoms with van der Waals surface area (Å²) in [6.07, 6.45) is 4.27. The Hall–Kier alpha value is -3.92. The maximum absolute atomic E-state index is 14.8. The number of carboxylic acids is 1. The first-order valence-electron chi connectivity index (χ1n) is 13.9. The van der Waals surface area contributed by atoms with Gasteiger partial charge in [-0.15, -0.1) is 0 Å². The summed E-state index contributed by atoms with van der Waals surface area (Å²) in [4.78, 5) is 16.4. The lowest BCUT2D eigenvalue weighted by Crippen LogP contribution is -2.32. The Balaban J connectivity index is 1.12. The third-order valence-electron chi connectivity index (χ3n) is 8.11. The number of hydrogen-bond donors (Lipinski definition) is 1. The quantitative estimate of drug-likeness (QED) is 0.267. The lowest BCUT2D eigenvalue weighted by molar-refractivity contribution is -0.0708. The Morgan fingerprint density at radius 3 is 2.71 bits per heavy atom. The van der Waals surface area contributed by atoms with E-state index in [-0.39, 0.29) is 23.3 Å². The number of ether oxygens (including phenoxy) is 4. The molecule has 1 fully saturated rings. The molecule has 3 aliphatic heterocycles. The van der Waals surface area contributed by atoms with Crippen LogP contribution in [0.1, 0.15) is 47.1 Å². The number of fused-ring (bicyclic) bond motifs is 2. The van der Waals surface area contributed by atoms with Gasteiger partial charge in [-0.1, -0.05) is 29.8 Å². The summed E-state index contributed by atoms with van der Waals surface area (Å²) in [5.41, 5.74) is 3.80. The molecule has 1 N–H and O–H groups in total. The smallest absolute Gasteiger partial charge is 0.335 e. The van der Waals surface area contributed by atoms with Crippen LogP contribution in [0.2, 0.25) is 5.02 Å². The first-order chi connectivity index (χ1) is 20.3. The molecule has 3 aromatic carbocycles. The summed E-state index contributed by atoms with van der Waals surface area (Å²) in [6.45, 7) is 3.39. The number of carbonyl (C=O) groups is 1. The monoisotopic (exact) mass is 590 g/mol. The van der Waals surface area contributed by atoms with Crippen molar-refractivity contribution in [2.75, 3.05) is 13.2 Å². The fourth-order valence-electron chi connectivity index (χ4n) is 5.79. The maximum Gasteiger partial charge on any atom is 0.335 e. The van der Waals surface area contributed by atoms with Crippen molar-refractivity contribution in [1.29, 1.82) is 0 Å². The highest BCUT2D eigenvalue weighted by molar-refractivity contribution is 6.30. The maximum atomic E-state index is 14.8. The number of aromatic nitrogens is 2. The molecule has 0 aliphatic carbocycles. The van der Waals surface area contributed by atoms with Crippen LogP contribution in [0.5, 0.6) is 11.5 Å². The molecule has 0 unspecified atom stereocenters. The number of benzene rings is 3. The standard InChI is InChI=1S/C32H28ClFN2O6/c1-32(24-9-7-20(33)14-25(24)34)41-28-4-2-3-23(30(28)42-32)19-5-8-21(40-17-19)15-29-35-26-10-6-18(31(37)38)13-27(26)36(29)16-22-11-12-39-22/h2-7,9-10,13-14,21-22H,8,11-12,15-17H2,1H3,(H,37,38)/t21-,22-,32+/m0/s1. The topological polar surface area (TPSA) is 92.0 Å². The van der Waals surface area contributed by atoms with Gasteiger partial charge >= 0.3 is 5.97 Å². The van der Waals surface area contributed by atoms with Crippen molar-refractivity contribution in [3.05, 3.63) is 94.0 Å². The van der Waals surface area contributed by atoms with Gasteiger partial charge in [-0.3, -0.25) is 0 Å². The molecule has 216 valence electrons. The number of halogens is 2. The number of carboxylic acid groups (broad SMARTS) is 1. The van der Waals surface area contributed by atoms with E-state index in [0.29, 0.717) is 42.5 Å². The third-order valence-corrected chi connectivity index (χ3v) is 8.35. The van der Waals surface area contributed by atoms with Crippen LogP contribution in [0, 0.1) is 5.82 Å². The summed E-state index contributed by atoms with van der Waals surface area (Å²) < 4.78 is 41.2. The van der Waals surface area contributed by atoms with Gasteiger partial charge in [0.05, 0.1) is 47.5 Å². The van der Waals surface area contributed by atoms with E-state index in [9.17, 15) is 14.3 Å². The third kappa shape index (κ3) is 4.81. The van der Waals surface area contributed by atoms with Gasteiger partial charge in [0.15, 0.2) is 11.5 Å². The van der Waals surface area contributed by atoms with Crippen molar-refractivity contribution in [1.82, 2.24) is 9.55 Å². The normalized spacial score (nSPS) is 23.1. The minimum absolute atomic E-state index is 0.0860. The van der Waals surface area contributed by atoms with Crippen LogP contribution >= 0.6 is 11.6 Å². The first-order valence-corrected chi connectivity index (χ1v) is 14.3. The van der Waals surface area contributed by atoms with E-state index in [1.165, 1.54) is 6.07 Å². The van der Waals surface area contributed by atoms with E-state index >= 15 is 0 Å². The molecule has 3 atom stereocenters. The number of rotatable bonds is 7. The molecule has 1 saturated heterocycles. The molecular formula is C32H28ClFN2O6. The Bertz CT molecular complexity index is 1750. The van der Waals surface area contributed by atoms with Gasteiger partial charge in [-0.2, -0.15) is 0 Å². The molecule has 0 amide bonds. The van der Waals surface area contributed by atoms with E-state index in [2.05, 4.69) is 10.6 Å². The molecule has 10 heteroatoms. The second kappa shape index (κ2) is 10.4. The fourth-order valence-corrected chi connectivity index (χ4v) is 5.95. The van der Waals surface area contributed by atoms with Crippen molar-refractivity contribution in [2.45, 2.75) is 50.7 Å². The van der Waals surface area contributed by atoms with Crippen LogP contribution in [0.25, 0.3) is 16.6 Å². The van der Waals surface area contributed by atoms with E-state index < -0.39 is 17.6 Å². The molecule has 7 rings (SSSR count). The number of aromatic carboxylic acids is 1. The highest BCUT2D eigenvalue weighted by Gasteiger charge is 2.42. The average Bonchev–Trinajstić information content (AvgIpc) is 3.47. The van der Waals surface area contributed by atoms with Crippen LogP contribution in [-0.4, -0.2) is 46.0 Å². The van der Waals surface area contributed by atoms with Crippen molar-refractivity contribution in [3.8, 4) is 11.5 Å². The van der Waals surface area contributed by atoms with Gasteiger partial charge in [0, 0.05) is 30.5 Å². The molecule has 8 nitrogen and oxygen atoms in total. The number of hydrogen-bond acceptors (Lipinski definition) is 6. The Morgan fingerprint density at radius 2 is 2.00 bits per heavy atom. The molecule has 1 aromatic heterocycles. The van der Waals surface area contributed by atoms with Crippen LogP contribution in [0.15, 0.2) is 60.7 Å². The Labute approximate surface area is 246 Å². The summed E-state index contributed by atoms with van der Waals surface area (Å²) in [6, 6.07) is 15.1. The predicted molar refractivity (Wildman–Crippen MR) is 154 cm³/mol. The highest BCUT2D eigenvalue weighted by atomic mass is 35.5. The molecular weight excluding hydrogens is 563 g/mol. The molecule has 0 bridgehead atoms. The fraction of sp³-hybridized carbons (Fsp3) is 0.312. The zero-order chi connectivity index (χ0) is 29.0. The minimum Gasteiger partial charge on any atom is -0.478 e. The van der Waals surface area contributed by atoms with Gasteiger partial charge in [-0.05, 0) is 60.9 Å². The van der Waals surface area contributed by atoms with Crippen LogP contribution < -0.4 is 9.47 Å². The lowest BCUT2D eigenvalue weighted by Gasteiger charge is -2.28. The average molecular weight is 591 g/mol. The number of imidazole rings is 1. The van der Waals surface area contributed by atoms with E-state index in [1.807, 2.05) is 12.1 Å². The second-order valence-electron chi connectivity index (χ2n) is 10.9. The van der Waals surface area contributed by atoms with Gasteiger partial charge in [0.2, 0.25) is 0 Å². The highest BCUT2D eigenvalue weighted by Crippen LogP contribution is 2.48. The summed E-state index contributed by atoms with van der Waals surface area (Å²) >= 11 is 5.95. The SMILES string of the molecule is C[C@@]1(c2ccc(Cl)cc2F)Oc2cccc(C3=CC[C@@H](Cc4nc5ccc(C(=O)O)cc5n4C[C@@H]4CCO4)OC3)c2O1. The van der Waals surface area contributed by atoms with Crippen LogP contribution in [0.3, 0.4) is 0 Å². The minimum atomic E-state index is -1.34. The van der Waals surface area contributed by atoms with Crippen LogP contribution in [0.4, 0.5) is 4.39 Å². The lowest BCUT2D eigenvalue weighted by atomic mass is 9.99. The molecule has 4 aromatic rings. The first kappa shape index (κ1) is 26.9. The summed E-state index contributed by atoms with van der Waals surface area (Å²) in [7, 11) is 0. The van der Waals surface area contributed by atoms with E-state index in [4.69, 9.17) is 35.5 Å². The largest absolute Gasteiger partial charge is 0.478 e. The van der Waals surface area contributed by atoms with E-state index in [0.717, 1.165) is 41.0 Å². The summed E-state index contributed by atoms with van der Waals surface area (Å²) in [5.74, 6) is -0.909. The van der Waals surface area contributed by atoms with Crippen LogP contribution in [-0.2, 0) is 28.2 Å². The van der Waals surface area contributed by atoms with Gasteiger partial charge in [0.1, 0.15) is 11.6 Å². The molecule has 0 saturated carbocycles. The Kier molecular flexibility index (Phi) is 6.68. The van der Waals surface area contributed by atoms with Crippen molar-refractivity contribution in [2.24, 2.45) is 0 Å². The molecule has 4 heterocycles. The predicted octanol–water partition coefficient (Wildman–Crippen LogP) is 6.38. The van der Waals surface area contributed by atoms with Gasteiger partial charge in [-0.25, -0.2) is 14.2 Å². The Morgan fingerprint density at radius 1 is 1.14 bits per heavy atom.